The normalized spacial score (nSPS) is 10.5. The van der Waals surface area contributed by atoms with Gasteiger partial charge in [-0.2, -0.15) is 0 Å². The van der Waals surface area contributed by atoms with Crippen LogP contribution in [0.3, 0.4) is 0 Å². The number of thiazole rings is 1. The van der Waals surface area contributed by atoms with Crippen LogP contribution < -0.4 is 0 Å². The highest BCUT2D eigenvalue weighted by atomic mass is 32.1. The summed E-state index contributed by atoms with van der Waals surface area (Å²) in [6.07, 6.45) is 0. The smallest absolute Gasteiger partial charge is 0.143 e. The molecule has 0 saturated heterocycles. The van der Waals surface area contributed by atoms with E-state index in [-0.39, 0.29) is 0 Å². The summed E-state index contributed by atoms with van der Waals surface area (Å²) in [6.45, 7) is 1.99. The lowest BCUT2D eigenvalue weighted by molar-refractivity contribution is 1.26. The Labute approximate surface area is 62.6 Å². The lowest BCUT2D eigenvalue weighted by atomic mass is 10.4. The van der Waals surface area contributed by atoms with E-state index in [1.165, 1.54) is 0 Å². The number of rotatable bonds is 0. The van der Waals surface area contributed by atoms with Gasteiger partial charge in [0, 0.05) is 5.69 Å². The van der Waals surface area contributed by atoms with Gasteiger partial charge in [-0.15, -0.1) is 11.3 Å². The maximum absolute atomic E-state index is 4.29. The van der Waals surface area contributed by atoms with Gasteiger partial charge in [-0.25, -0.2) is 9.97 Å². The fraction of sp³-hybridized carbons (Fsp3) is 0.143. The van der Waals surface area contributed by atoms with Crippen LogP contribution in [-0.2, 0) is 0 Å². The molecule has 0 aliphatic carbocycles. The van der Waals surface area contributed by atoms with Crippen LogP contribution in [0.5, 0.6) is 0 Å². The Morgan fingerprint density at radius 3 is 3.20 bits per heavy atom. The Morgan fingerprint density at radius 2 is 2.30 bits per heavy atom. The van der Waals surface area contributed by atoms with Gasteiger partial charge < -0.3 is 0 Å². The summed E-state index contributed by atoms with van der Waals surface area (Å²) in [7, 11) is 0. The molecule has 10 heavy (non-hydrogen) atoms. The molecule has 0 aliphatic heterocycles. The van der Waals surface area contributed by atoms with E-state index in [0.717, 1.165) is 16.0 Å². The molecular weight excluding hydrogens is 144 g/mol. The molecular formula is C7H6N2S. The Kier molecular flexibility index (Phi) is 1.17. The van der Waals surface area contributed by atoms with Crippen LogP contribution in [0, 0.1) is 6.92 Å². The second-order valence-electron chi connectivity index (χ2n) is 2.13. The van der Waals surface area contributed by atoms with Gasteiger partial charge in [-0.1, -0.05) is 0 Å². The monoisotopic (exact) mass is 150 g/mol. The van der Waals surface area contributed by atoms with Crippen LogP contribution in [0.1, 0.15) is 5.69 Å². The predicted molar refractivity (Wildman–Crippen MR) is 42.2 cm³/mol. The predicted octanol–water partition coefficient (Wildman–Crippen LogP) is 2.00. The first-order valence-corrected chi connectivity index (χ1v) is 3.91. The summed E-state index contributed by atoms with van der Waals surface area (Å²) in [5.74, 6) is 0. The highest BCUT2D eigenvalue weighted by Gasteiger charge is 1.95. The topological polar surface area (TPSA) is 25.8 Å². The zero-order chi connectivity index (χ0) is 6.97. The quantitative estimate of drug-likeness (QED) is 0.574. The molecule has 0 spiro atoms. The van der Waals surface area contributed by atoms with Crippen LogP contribution in [0.15, 0.2) is 17.6 Å². The first kappa shape index (κ1) is 5.80. The van der Waals surface area contributed by atoms with Crippen molar-refractivity contribution in [3.63, 3.8) is 0 Å². The van der Waals surface area contributed by atoms with E-state index >= 15 is 0 Å². The van der Waals surface area contributed by atoms with Crippen LogP contribution >= 0.6 is 11.3 Å². The van der Waals surface area contributed by atoms with Crippen molar-refractivity contribution in [1.82, 2.24) is 9.97 Å². The van der Waals surface area contributed by atoms with Crippen molar-refractivity contribution in [1.29, 1.82) is 0 Å². The number of pyridine rings is 1. The van der Waals surface area contributed by atoms with E-state index < -0.39 is 0 Å². The summed E-state index contributed by atoms with van der Waals surface area (Å²) < 4.78 is 0. The molecule has 0 atom stereocenters. The second kappa shape index (κ2) is 2.02. The third-order valence-electron chi connectivity index (χ3n) is 1.34. The first-order valence-electron chi connectivity index (χ1n) is 3.03. The van der Waals surface area contributed by atoms with Gasteiger partial charge in [0.1, 0.15) is 4.83 Å². The minimum absolute atomic E-state index is 0.996. The van der Waals surface area contributed by atoms with Crippen molar-refractivity contribution in [2.24, 2.45) is 0 Å². The number of hydrogen-bond donors (Lipinski definition) is 0. The van der Waals surface area contributed by atoms with Crippen LogP contribution in [0.4, 0.5) is 0 Å². The van der Waals surface area contributed by atoms with E-state index in [4.69, 9.17) is 0 Å². The molecule has 0 aliphatic rings. The largest absolute Gasteiger partial charge is 0.243 e. The summed E-state index contributed by atoms with van der Waals surface area (Å²) in [5.41, 5.74) is 3.87. The number of nitrogens with zero attached hydrogens (tertiary/aromatic N) is 2. The molecule has 50 valence electrons. The van der Waals surface area contributed by atoms with Crippen LogP contribution in [0.25, 0.3) is 10.3 Å². The molecule has 3 heteroatoms. The zero-order valence-corrected chi connectivity index (χ0v) is 6.35. The Morgan fingerprint density at radius 1 is 1.40 bits per heavy atom. The van der Waals surface area contributed by atoms with Crippen molar-refractivity contribution in [2.75, 3.05) is 0 Å². The van der Waals surface area contributed by atoms with Gasteiger partial charge in [0.05, 0.1) is 11.0 Å². The summed E-state index contributed by atoms with van der Waals surface area (Å²) >= 11 is 1.58. The SMILES string of the molecule is Cc1ccc2ncsc2n1. The lowest BCUT2D eigenvalue weighted by Crippen LogP contribution is -1.77. The molecule has 0 N–H and O–H groups in total. The average molecular weight is 150 g/mol. The van der Waals surface area contributed by atoms with Gasteiger partial charge in [0.15, 0.2) is 0 Å². The zero-order valence-electron chi connectivity index (χ0n) is 5.53. The van der Waals surface area contributed by atoms with Crippen molar-refractivity contribution in [3.8, 4) is 0 Å². The van der Waals surface area contributed by atoms with Gasteiger partial charge in [0.2, 0.25) is 0 Å². The highest BCUT2D eigenvalue weighted by Crippen LogP contribution is 2.14. The van der Waals surface area contributed by atoms with Gasteiger partial charge in [0.25, 0.3) is 0 Å². The molecule has 2 nitrogen and oxygen atoms in total. The van der Waals surface area contributed by atoms with Gasteiger partial charge in [-0.3, -0.25) is 0 Å². The maximum Gasteiger partial charge on any atom is 0.143 e. The minimum Gasteiger partial charge on any atom is -0.243 e. The van der Waals surface area contributed by atoms with Crippen LogP contribution in [0.2, 0.25) is 0 Å². The van der Waals surface area contributed by atoms with Crippen molar-refractivity contribution in [3.05, 3.63) is 23.3 Å². The Balaban J connectivity index is 2.86. The number of aryl methyl sites for hydroxylation is 1. The summed E-state index contributed by atoms with van der Waals surface area (Å²) in [6, 6.07) is 3.97. The summed E-state index contributed by atoms with van der Waals surface area (Å²) in [4.78, 5) is 9.44. The Hall–Kier alpha value is -0.960. The van der Waals surface area contributed by atoms with Crippen molar-refractivity contribution < 1.29 is 0 Å². The molecule has 0 saturated carbocycles. The molecule has 0 radical (unpaired) electrons. The molecule has 0 amide bonds. The third kappa shape index (κ3) is 0.789. The number of aromatic nitrogens is 2. The number of fused-ring (bicyclic) bond motifs is 1. The minimum atomic E-state index is 0.996. The second-order valence-corrected chi connectivity index (χ2v) is 2.96. The Bertz CT molecular complexity index is 353. The first-order chi connectivity index (χ1) is 4.86. The fourth-order valence-electron chi connectivity index (χ4n) is 0.844. The molecule has 0 aromatic carbocycles. The molecule has 0 bridgehead atoms. The van der Waals surface area contributed by atoms with E-state index in [1.54, 1.807) is 11.3 Å². The van der Waals surface area contributed by atoms with E-state index in [1.807, 2.05) is 24.6 Å². The van der Waals surface area contributed by atoms with Crippen LogP contribution in [-0.4, -0.2) is 9.97 Å². The average Bonchev–Trinajstić information content (AvgIpc) is 2.33. The number of hydrogen-bond acceptors (Lipinski definition) is 3. The highest BCUT2D eigenvalue weighted by molar-refractivity contribution is 7.16. The lowest BCUT2D eigenvalue weighted by Gasteiger charge is -1.87. The van der Waals surface area contributed by atoms with Gasteiger partial charge in [-0.05, 0) is 19.1 Å². The van der Waals surface area contributed by atoms with Crippen molar-refractivity contribution in [2.45, 2.75) is 6.92 Å². The maximum atomic E-state index is 4.29. The third-order valence-corrected chi connectivity index (χ3v) is 2.07. The molecule has 2 heterocycles. The van der Waals surface area contributed by atoms with E-state index in [9.17, 15) is 0 Å². The fourth-order valence-corrected chi connectivity index (χ4v) is 1.55. The molecule has 2 aromatic rings. The standard InChI is InChI=1S/C7H6N2S/c1-5-2-3-6-7(9-5)10-4-8-6/h2-4H,1H3. The van der Waals surface area contributed by atoms with E-state index in [2.05, 4.69) is 9.97 Å². The molecule has 0 fully saturated rings. The molecule has 0 unspecified atom stereocenters. The van der Waals surface area contributed by atoms with Gasteiger partial charge >= 0.3 is 0 Å². The summed E-state index contributed by atoms with van der Waals surface area (Å²) in [5, 5.41) is 0. The molecule has 2 rings (SSSR count). The molecule has 2 aromatic heterocycles. The van der Waals surface area contributed by atoms with E-state index in [0.29, 0.717) is 0 Å². The van der Waals surface area contributed by atoms with Crippen molar-refractivity contribution >= 4 is 21.7 Å².